The van der Waals surface area contributed by atoms with Gasteiger partial charge in [0.1, 0.15) is 0 Å². The maximum Gasteiger partial charge on any atom is 0.163 e. The summed E-state index contributed by atoms with van der Waals surface area (Å²) >= 11 is 0. The lowest BCUT2D eigenvalue weighted by atomic mass is 9.78. The number of benzene rings is 3. The van der Waals surface area contributed by atoms with E-state index in [9.17, 15) is 4.79 Å². The van der Waals surface area contributed by atoms with Gasteiger partial charge < -0.3 is 15.5 Å². The van der Waals surface area contributed by atoms with E-state index in [-0.39, 0.29) is 17.7 Å². The Balaban J connectivity index is 1.53. The van der Waals surface area contributed by atoms with E-state index < -0.39 is 0 Å². The van der Waals surface area contributed by atoms with Crippen molar-refractivity contribution >= 4 is 22.8 Å². The largest absolute Gasteiger partial charge is 0.372 e. The molecule has 0 fully saturated rings. The Labute approximate surface area is 209 Å². The number of hydrogen-bond donors (Lipinski definition) is 2. The van der Waals surface area contributed by atoms with Crippen molar-refractivity contribution < 1.29 is 4.79 Å². The van der Waals surface area contributed by atoms with Crippen LogP contribution in [0.1, 0.15) is 62.3 Å². The van der Waals surface area contributed by atoms with Crippen LogP contribution in [0, 0.1) is 0 Å². The summed E-state index contributed by atoms with van der Waals surface area (Å²) in [6.45, 7) is 8.48. The van der Waals surface area contributed by atoms with Crippen LogP contribution in [0.4, 0.5) is 17.1 Å². The second-order valence-electron chi connectivity index (χ2n) is 9.53. The Morgan fingerprint density at radius 2 is 1.46 bits per heavy atom. The molecule has 0 saturated heterocycles. The first-order valence-corrected chi connectivity index (χ1v) is 12.9. The van der Waals surface area contributed by atoms with Gasteiger partial charge in [-0.3, -0.25) is 4.79 Å². The fourth-order valence-electron chi connectivity index (χ4n) is 5.47. The molecule has 4 nitrogen and oxygen atoms in total. The fraction of sp³-hybridized carbons (Fsp3) is 0.323. The van der Waals surface area contributed by atoms with E-state index in [1.807, 2.05) is 12.1 Å². The average Bonchev–Trinajstić information content (AvgIpc) is 3.07. The highest BCUT2D eigenvalue weighted by Crippen LogP contribution is 2.44. The summed E-state index contributed by atoms with van der Waals surface area (Å²) in [4.78, 5) is 16.1. The van der Waals surface area contributed by atoms with Gasteiger partial charge in [0.25, 0.3) is 0 Å². The molecule has 1 heterocycles. The zero-order valence-corrected chi connectivity index (χ0v) is 21.0. The molecule has 2 aliphatic rings. The number of rotatable bonds is 6. The number of aryl methyl sites for hydroxylation is 1. The molecule has 180 valence electrons. The number of para-hydroxylation sites is 2. The summed E-state index contributed by atoms with van der Waals surface area (Å²) in [7, 11) is 0. The van der Waals surface area contributed by atoms with Crippen LogP contribution in [0.2, 0.25) is 0 Å². The van der Waals surface area contributed by atoms with Gasteiger partial charge in [-0.1, -0.05) is 55.5 Å². The van der Waals surface area contributed by atoms with E-state index in [1.165, 1.54) is 16.8 Å². The van der Waals surface area contributed by atoms with Crippen LogP contribution in [-0.2, 0) is 11.2 Å². The molecule has 0 amide bonds. The zero-order chi connectivity index (χ0) is 24.4. The van der Waals surface area contributed by atoms with Gasteiger partial charge in [-0.25, -0.2) is 0 Å². The molecule has 4 heteroatoms. The monoisotopic (exact) mass is 465 g/mol. The van der Waals surface area contributed by atoms with E-state index >= 15 is 0 Å². The molecule has 5 rings (SSSR count). The van der Waals surface area contributed by atoms with Gasteiger partial charge in [0.15, 0.2) is 5.78 Å². The van der Waals surface area contributed by atoms with Gasteiger partial charge in [-0.15, -0.1) is 0 Å². The highest BCUT2D eigenvalue weighted by atomic mass is 16.1. The lowest BCUT2D eigenvalue weighted by molar-refractivity contribution is -0.116. The Kier molecular flexibility index (Phi) is 6.63. The van der Waals surface area contributed by atoms with E-state index in [2.05, 4.69) is 97.0 Å². The third kappa shape index (κ3) is 4.58. The topological polar surface area (TPSA) is 44.4 Å². The number of anilines is 3. The van der Waals surface area contributed by atoms with Crippen molar-refractivity contribution in [3.8, 4) is 0 Å². The first-order chi connectivity index (χ1) is 17.1. The molecule has 3 aromatic rings. The molecular weight excluding hydrogens is 430 g/mol. The molecule has 2 N–H and O–H groups in total. The van der Waals surface area contributed by atoms with Crippen molar-refractivity contribution in [2.24, 2.45) is 0 Å². The van der Waals surface area contributed by atoms with E-state index in [4.69, 9.17) is 0 Å². The Morgan fingerprint density at radius 3 is 2.11 bits per heavy atom. The Morgan fingerprint density at radius 1 is 0.800 bits per heavy atom. The van der Waals surface area contributed by atoms with Crippen molar-refractivity contribution in [2.45, 2.75) is 52.0 Å². The summed E-state index contributed by atoms with van der Waals surface area (Å²) in [5.74, 6) is 0.414. The van der Waals surface area contributed by atoms with E-state index in [0.717, 1.165) is 54.1 Å². The van der Waals surface area contributed by atoms with Crippen LogP contribution >= 0.6 is 0 Å². The van der Waals surface area contributed by atoms with Crippen LogP contribution in [0.3, 0.4) is 0 Å². The molecule has 0 spiro atoms. The number of carbonyl (C=O) groups excluding carboxylic acids is 1. The van der Waals surface area contributed by atoms with Crippen molar-refractivity contribution in [1.29, 1.82) is 0 Å². The Hall–Kier alpha value is -3.53. The van der Waals surface area contributed by atoms with Gasteiger partial charge >= 0.3 is 0 Å². The first-order valence-electron chi connectivity index (χ1n) is 12.9. The summed E-state index contributed by atoms with van der Waals surface area (Å²) in [6, 6.07) is 25.6. The maximum absolute atomic E-state index is 13.7. The molecule has 35 heavy (non-hydrogen) atoms. The minimum absolute atomic E-state index is 0.178. The number of nitrogens with zero attached hydrogens (tertiary/aromatic N) is 1. The van der Waals surface area contributed by atoms with Crippen LogP contribution in [-0.4, -0.2) is 18.9 Å². The molecule has 2 atom stereocenters. The van der Waals surface area contributed by atoms with E-state index in [1.54, 1.807) is 0 Å². The molecular formula is C31H35N3O. The molecule has 2 unspecified atom stereocenters. The maximum atomic E-state index is 13.7. The number of hydrogen-bond acceptors (Lipinski definition) is 4. The van der Waals surface area contributed by atoms with Gasteiger partial charge in [0, 0.05) is 36.5 Å². The quantitative estimate of drug-likeness (QED) is 0.408. The molecule has 0 bridgehead atoms. The number of fused-ring (bicyclic) bond motifs is 1. The molecule has 1 aliphatic heterocycles. The third-order valence-corrected chi connectivity index (χ3v) is 7.52. The molecule has 0 saturated carbocycles. The average molecular weight is 466 g/mol. The van der Waals surface area contributed by atoms with Crippen molar-refractivity contribution in [3.05, 3.63) is 101 Å². The van der Waals surface area contributed by atoms with Crippen molar-refractivity contribution in [1.82, 2.24) is 0 Å². The van der Waals surface area contributed by atoms with Crippen LogP contribution in [0.5, 0.6) is 0 Å². The number of ketones is 1. The van der Waals surface area contributed by atoms with Crippen molar-refractivity contribution in [2.75, 3.05) is 28.6 Å². The number of allylic oxidation sites excluding steroid dienone is 1. The standard InChI is InChI=1S/C31H35N3O/c1-4-21-11-13-22(14-12-21)24-19-28-30(29(35)20-24)31(33-27-10-8-7-9-26(27)32-28)23-15-17-25(18-16-23)34(5-2)6-3/h7-18,24,31-33H,4-6,19-20H2,1-3H3. The van der Waals surface area contributed by atoms with Crippen LogP contribution in [0.25, 0.3) is 0 Å². The number of nitrogens with one attached hydrogen (secondary N) is 2. The second kappa shape index (κ2) is 9.99. The smallest absolute Gasteiger partial charge is 0.163 e. The SMILES string of the molecule is CCc1ccc(C2CC(=O)C3=C(C2)Nc2ccccc2NC3c2ccc(N(CC)CC)cc2)cc1. The minimum atomic E-state index is -0.178. The number of Topliss-reactive ketones (excluding diaryl/α,β-unsaturated/α-hetero) is 1. The van der Waals surface area contributed by atoms with E-state index in [0.29, 0.717) is 6.42 Å². The summed E-state index contributed by atoms with van der Waals surface area (Å²) in [5.41, 5.74) is 8.87. The first kappa shape index (κ1) is 23.2. The normalized spacial score (nSPS) is 19.2. The van der Waals surface area contributed by atoms with Gasteiger partial charge in [-0.2, -0.15) is 0 Å². The zero-order valence-electron chi connectivity index (χ0n) is 21.0. The molecule has 0 radical (unpaired) electrons. The predicted molar refractivity (Wildman–Crippen MR) is 146 cm³/mol. The molecule has 3 aromatic carbocycles. The highest BCUT2D eigenvalue weighted by Gasteiger charge is 2.36. The fourth-order valence-corrected chi connectivity index (χ4v) is 5.47. The summed E-state index contributed by atoms with van der Waals surface area (Å²) in [5, 5.41) is 7.35. The predicted octanol–water partition coefficient (Wildman–Crippen LogP) is 7.07. The van der Waals surface area contributed by atoms with Crippen LogP contribution in [0.15, 0.2) is 84.1 Å². The molecule has 1 aliphatic carbocycles. The Bertz CT molecular complexity index is 1220. The lowest BCUT2D eigenvalue weighted by Crippen LogP contribution is -2.27. The minimum Gasteiger partial charge on any atom is -0.372 e. The summed E-state index contributed by atoms with van der Waals surface area (Å²) in [6.07, 6.45) is 2.40. The van der Waals surface area contributed by atoms with Gasteiger partial charge in [0.05, 0.1) is 17.4 Å². The van der Waals surface area contributed by atoms with Gasteiger partial charge in [-0.05, 0) is 73.6 Å². The van der Waals surface area contributed by atoms with Gasteiger partial charge in [0.2, 0.25) is 0 Å². The second-order valence-corrected chi connectivity index (χ2v) is 9.53. The molecule has 0 aromatic heterocycles. The highest BCUT2D eigenvalue weighted by molar-refractivity contribution is 6.01. The lowest BCUT2D eigenvalue weighted by Gasteiger charge is -2.30. The van der Waals surface area contributed by atoms with Crippen molar-refractivity contribution in [3.63, 3.8) is 0 Å². The third-order valence-electron chi connectivity index (χ3n) is 7.52. The summed E-state index contributed by atoms with van der Waals surface area (Å²) < 4.78 is 0. The number of carbonyl (C=O) groups is 1. The van der Waals surface area contributed by atoms with Crippen LogP contribution < -0.4 is 15.5 Å².